The summed E-state index contributed by atoms with van der Waals surface area (Å²) in [7, 11) is 1.91. The fraction of sp³-hybridized carbons (Fsp3) is 0.500. The van der Waals surface area contributed by atoms with E-state index in [2.05, 4.69) is 40.7 Å². The number of likely N-dealkylation sites (tertiary alicyclic amines) is 1. The number of anilines is 1. The molecule has 3 aliphatic rings. The first-order valence-electron chi connectivity index (χ1n) is 16.0. The molecule has 0 spiro atoms. The monoisotopic (exact) mass is 599 g/mol. The quantitative estimate of drug-likeness (QED) is 0.349. The van der Waals surface area contributed by atoms with Crippen molar-refractivity contribution in [3.05, 3.63) is 53.7 Å². The van der Waals surface area contributed by atoms with Crippen LogP contribution < -0.4 is 10.6 Å². The van der Waals surface area contributed by atoms with Crippen LogP contribution in [0.2, 0.25) is 0 Å². The zero-order valence-corrected chi connectivity index (χ0v) is 25.9. The lowest BCUT2D eigenvalue weighted by Crippen LogP contribution is -2.50. The van der Waals surface area contributed by atoms with Gasteiger partial charge in [-0.15, -0.1) is 0 Å². The van der Waals surface area contributed by atoms with Gasteiger partial charge in [-0.1, -0.05) is 6.07 Å². The highest BCUT2D eigenvalue weighted by Gasteiger charge is 2.30. The third kappa shape index (κ3) is 5.33. The molecule has 2 N–H and O–H groups in total. The molecular weight excluding hydrogens is 557 g/mol. The van der Waals surface area contributed by atoms with Crippen molar-refractivity contribution in [3.8, 4) is 11.4 Å². The number of alkyl halides is 1. The molecule has 0 bridgehead atoms. The molecule has 2 amide bonds. The van der Waals surface area contributed by atoms with Crippen LogP contribution in [-0.2, 0) is 11.3 Å². The number of carbonyl (C=O) groups excluding carboxylic acids is 2. The summed E-state index contributed by atoms with van der Waals surface area (Å²) in [5.74, 6) is 0.580. The van der Waals surface area contributed by atoms with Crippen molar-refractivity contribution in [1.82, 2.24) is 24.0 Å². The van der Waals surface area contributed by atoms with Crippen molar-refractivity contribution in [3.63, 3.8) is 0 Å². The molecule has 7 rings (SSSR count). The predicted octanol–water partition coefficient (Wildman–Crippen LogP) is 4.63. The van der Waals surface area contributed by atoms with E-state index in [0.29, 0.717) is 24.1 Å². The van der Waals surface area contributed by atoms with Crippen molar-refractivity contribution in [2.24, 2.45) is 11.7 Å². The number of benzene rings is 1. The smallest absolute Gasteiger partial charge is 0.255 e. The largest absolute Gasteiger partial charge is 0.371 e. The van der Waals surface area contributed by atoms with Gasteiger partial charge in [-0.05, 0) is 75.3 Å². The molecule has 4 aromatic rings. The predicted molar refractivity (Wildman–Crippen MR) is 171 cm³/mol. The van der Waals surface area contributed by atoms with Crippen LogP contribution in [0, 0.1) is 12.8 Å². The number of aromatic nitrogens is 3. The molecule has 2 saturated heterocycles. The SMILES string of the molecule is CC(=O)N(C)C1CCN(c2ccc3cc(-c4nn5cc(C(=O)N6C[C@H](N)C[C@@H](F)C6)ccc5c4C)n(CC4CC4)c3c2)CC1. The highest BCUT2D eigenvalue weighted by molar-refractivity contribution is 5.95. The van der Waals surface area contributed by atoms with E-state index >= 15 is 0 Å². The second kappa shape index (κ2) is 11.2. The van der Waals surface area contributed by atoms with Crippen molar-refractivity contribution in [1.29, 1.82) is 0 Å². The minimum atomic E-state index is -1.10. The Labute approximate surface area is 257 Å². The molecule has 1 aliphatic carbocycles. The molecule has 10 heteroatoms. The average Bonchev–Trinajstić information content (AvgIpc) is 3.69. The number of amides is 2. The highest BCUT2D eigenvalue weighted by atomic mass is 19.1. The topological polar surface area (TPSA) is 92.1 Å². The first-order valence-corrected chi connectivity index (χ1v) is 16.0. The Morgan fingerprint density at radius 1 is 1.05 bits per heavy atom. The summed E-state index contributed by atoms with van der Waals surface area (Å²) in [4.78, 5) is 31.0. The summed E-state index contributed by atoms with van der Waals surface area (Å²) in [6, 6.07) is 12.7. The molecular formula is C34H42FN7O2. The van der Waals surface area contributed by atoms with E-state index in [1.807, 2.05) is 24.1 Å². The van der Waals surface area contributed by atoms with Crippen LogP contribution in [0.5, 0.6) is 0 Å². The summed E-state index contributed by atoms with van der Waals surface area (Å²) in [6.45, 7) is 6.95. The van der Waals surface area contributed by atoms with Gasteiger partial charge in [0.05, 0.1) is 28.8 Å². The minimum Gasteiger partial charge on any atom is -0.371 e. The molecule has 0 unspecified atom stereocenters. The van der Waals surface area contributed by atoms with E-state index in [4.69, 9.17) is 10.8 Å². The second-order valence-electron chi connectivity index (χ2n) is 13.2. The molecule has 2 atom stereocenters. The molecule has 5 heterocycles. The number of piperidine rings is 2. The number of rotatable bonds is 6. The zero-order valence-electron chi connectivity index (χ0n) is 25.9. The van der Waals surface area contributed by atoms with Gasteiger partial charge in [0.2, 0.25) is 5.91 Å². The van der Waals surface area contributed by atoms with E-state index in [9.17, 15) is 14.0 Å². The first-order chi connectivity index (χ1) is 21.2. The fourth-order valence-corrected chi connectivity index (χ4v) is 7.13. The molecule has 9 nitrogen and oxygen atoms in total. The van der Waals surface area contributed by atoms with Gasteiger partial charge in [0.15, 0.2) is 0 Å². The van der Waals surface area contributed by atoms with Crippen molar-refractivity contribution >= 4 is 33.9 Å². The molecule has 0 radical (unpaired) electrons. The number of fused-ring (bicyclic) bond motifs is 2. The van der Waals surface area contributed by atoms with Crippen molar-refractivity contribution in [2.45, 2.75) is 70.8 Å². The molecule has 3 fully saturated rings. The van der Waals surface area contributed by atoms with Crippen LogP contribution in [-0.4, -0.2) is 87.3 Å². The number of halogens is 1. The summed E-state index contributed by atoms with van der Waals surface area (Å²) < 4.78 is 18.4. The van der Waals surface area contributed by atoms with E-state index in [1.54, 1.807) is 17.6 Å². The van der Waals surface area contributed by atoms with Gasteiger partial charge >= 0.3 is 0 Å². The Bertz CT molecular complexity index is 1720. The van der Waals surface area contributed by atoms with Gasteiger partial charge < -0.3 is 25.0 Å². The summed E-state index contributed by atoms with van der Waals surface area (Å²) in [5.41, 5.74) is 12.9. The highest BCUT2D eigenvalue weighted by Crippen LogP contribution is 2.38. The van der Waals surface area contributed by atoms with Crippen LogP contribution in [0.15, 0.2) is 42.6 Å². The minimum absolute atomic E-state index is 0.0741. The lowest BCUT2D eigenvalue weighted by atomic mass is 10.0. The lowest BCUT2D eigenvalue weighted by molar-refractivity contribution is -0.129. The van der Waals surface area contributed by atoms with Gasteiger partial charge in [-0.2, -0.15) is 5.10 Å². The summed E-state index contributed by atoms with van der Waals surface area (Å²) in [6.07, 6.45) is 5.37. The summed E-state index contributed by atoms with van der Waals surface area (Å²) >= 11 is 0. The van der Waals surface area contributed by atoms with Gasteiger partial charge in [0.25, 0.3) is 5.91 Å². The standard InChI is InChI=1S/C34H42FN7O2/c1-21-30-9-7-25(34(44)40-19-26(35)15-27(36)20-40)18-42(30)37-33(21)32-14-24-6-8-29(16-31(24)41(32)17-23-4-5-23)39-12-10-28(11-13-39)38(3)22(2)43/h6-9,14,16,18,23,26-28H,4-5,10-13,15,17,19-20,36H2,1-3H3/t26-,27-/m1/s1. The van der Waals surface area contributed by atoms with Gasteiger partial charge in [0.1, 0.15) is 11.9 Å². The average molecular weight is 600 g/mol. The molecule has 1 saturated carbocycles. The number of carbonyl (C=O) groups is 2. The van der Waals surface area contributed by atoms with Gasteiger partial charge in [0, 0.05) is 75.1 Å². The van der Waals surface area contributed by atoms with Crippen LogP contribution >= 0.6 is 0 Å². The second-order valence-corrected chi connectivity index (χ2v) is 13.2. The van der Waals surface area contributed by atoms with E-state index in [0.717, 1.165) is 54.9 Å². The lowest BCUT2D eigenvalue weighted by Gasteiger charge is -2.37. The number of hydrogen-bond acceptors (Lipinski definition) is 5. The fourth-order valence-electron chi connectivity index (χ4n) is 7.13. The molecule has 44 heavy (non-hydrogen) atoms. The Kier molecular flexibility index (Phi) is 7.35. The summed E-state index contributed by atoms with van der Waals surface area (Å²) in [5, 5.41) is 6.20. The number of aryl methyl sites for hydroxylation is 1. The Balaban J connectivity index is 1.21. The van der Waals surface area contributed by atoms with Gasteiger partial charge in [-0.3, -0.25) is 9.59 Å². The van der Waals surface area contributed by atoms with Crippen LogP contribution in [0.3, 0.4) is 0 Å². The molecule has 3 aromatic heterocycles. The number of hydrogen-bond donors (Lipinski definition) is 1. The number of nitrogens with zero attached hydrogens (tertiary/aromatic N) is 6. The Morgan fingerprint density at radius 2 is 1.82 bits per heavy atom. The van der Waals surface area contributed by atoms with E-state index < -0.39 is 6.17 Å². The maximum atomic E-state index is 14.2. The van der Waals surface area contributed by atoms with Crippen molar-refractivity contribution < 1.29 is 14.0 Å². The molecule has 2 aliphatic heterocycles. The normalized spacial score (nSPS) is 21.4. The Hall–Kier alpha value is -3.92. The maximum absolute atomic E-state index is 14.2. The molecule has 1 aromatic carbocycles. The van der Waals surface area contributed by atoms with Crippen molar-refractivity contribution in [2.75, 3.05) is 38.1 Å². The third-order valence-corrected chi connectivity index (χ3v) is 9.98. The number of nitrogens with two attached hydrogens (primary N) is 1. The van der Waals surface area contributed by atoms with Crippen LogP contribution in [0.25, 0.3) is 27.8 Å². The van der Waals surface area contributed by atoms with Gasteiger partial charge in [-0.25, -0.2) is 8.91 Å². The molecule has 232 valence electrons. The maximum Gasteiger partial charge on any atom is 0.255 e. The van der Waals surface area contributed by atoms with Crippen LogP contribution in [0.4, 0.5) is 10.1 Å². The Morgan fingerprint density at radius 3 is 2.52 bits per heavy atom. The zero-order chi connectivity index (χ0) is 30.7. The first kappa shape index (κ1) is 28.8. The third-order valence-electron chi connectivity index (χ3n) is 9.98. The number of pyridine rings is 1. The van der Waals surface area contributed by atoms with E-state index in [1.165, 1.54) is 34.3 Å². The van der Waals surface area contributed by atoms with E-state index in [-0.39, 0.29) is 30.8 Å². The van der Waals surface area contributed by atoms with Crippen LogP contribution in [0.1, 0.15) is 54.9 Å².